The number of carbonyl (C=O) groups excluding carboxylic acids is 2. The summed E-state index contributed by atoms with van der Waals surface area (Å²) >= 11 is 0. The molecule has 0 saturated carbocycles. The maximum absolute atomic E-state index is 12.5. The maximum Gasteiger partial charge on any atom is 0.410 e. The predicted octanol–water partition coefficient (Wildman–Crippen LogP) is 3.02. The molecule has 0 aromatic heterocycles. The van der Waals surface area contributed by atoms with Gasteiger partial charge in [0.25, 0.3) is 0 Å². The first kappa shape index (κ1) is 20.5. The zero-order chi connectivity index (χ0) is 20.4. The number of benzene rings is 1. The second-order valence-electron chi connectivity index (χ2n) is 8.80. The Morgan fingerprint density at radius 1 is 1.14 bits per heavy atom. The van der Waals surface area contributed by atoms with Gasteiger partial charge >= 0.3 is 12.2 Å². The fraction of sp³-hybridized carbons (Fsp3) is 0.619. The van der Waals surface area contributed by atoms with Crippen molar-refractivity contribution in [1.82, 2.24) is 9.80 Å². The number of carbonyl (C=O) groups is 2. The highest BCUT2D eigenvalue weighted by atomic mass is 16.6. The number of aliphatic hydroxyl groups is 1. The van der Waals surface area contributed by atoms with Crippen LogP contribution in [0.3, 0.4) is 0 Å². The lowest BCUT2D eigenvalue weighted by atomic mass is 9.77. The predicted molar refractivity (Wildman–Crippen MR) is 104 cm³/mol. The summed E-state index contributed by atoms with van der Waals surface area (Å²) in [6, 6.07) is 9.49. The van der Waals surface area contributed by atoms with Gasteiger partial charge in [-0.2, -0.15) is 0 Å². The normalized spacial score (nSPS) is 25.1. The maximum atomic E-state index is 12.5. The van der Waals surface area contributed by atoms with E-state index in [0.29, 0.717) is 19.6 Å². The molecule has 1 spiro atoms. The van der Waals surface area contributed by atoms with E-state index < -0.39 is 23.2 Å². The smallest absolute Gasteiger partial charge is 0.410 e. The van der Waals surface area contributed by atoms with Gasteiger partial charge in [-0.25, -0.2) is 9.59 Å². The van der Waals surface area contributed by atoms with Crippen LogP contribution >= 0.6 is 0 Å². The molecule has 1 N–H and O–H groups in total. The summed E-state index contributed by atoms with van der Waals surface area (Å²) in [6.45, 7) is 7.27. The van der Waals surface area contributed by atoms with Crippen molar-refractivity contribution < 1.29 is 24.2 Å². The Kier molecular flexibility index (Phi) is 5.84. The van der Waals surface area contributed by atoms with Gasteiger partial charge in [0.1, 0.15) is 12.2 Å². The van der Waals surface area contributed by atoms with Crippen molar-refractivity contribution in [2.45, 2.75) is 51.9 Å². The fourth-order valence-corrected chi connectivity index (χ4v) is 3.95. The summed E-state index contributed by atoms with van der Waals surface area (Å²) in [5.41, 5.74) is -0.177. The lowest BCUT2D eigenvalue weighted by molar-refractivity contribution is -0.0199. The largest absolute Gasteiger partial charge is 0.445 e. The van der Waals surface area contributed by atoms with Crippen LogP contribution in [0.25, 0.3) is 0 Å². The number of aliphatic hydroxyl groups excluding tert-OH is 1. The first-order valence-corrected chi connectivity index (χ1v) is 9.80. The molecule has 7 heteroatoms. The second kappa shape index (κ2) is 7.99. The molecule has 154 valence electrons. The molecule has 2 heterocycles. The van der Waals surface area contributed by atoms with E-state index in [1.807, 2.05) is 51.1 Å². The van der Waals surface area contributed by atoms with Crippen LogP contribution in [-0.2, 0) is 16.1 Å². The molecule has 3 rings (SSSR count). The Morgan fingerprint density at radius 2 is 1.82 bits per heavy atom. The molecule has 1 aromatic rings. The highest BCUT2D eigenvalue weighted by molar-refractivity contribution is 5.69. The standard InChI is InChI=1S/C21H30N2O5/c1-20(2,3)28-19(26)22-11-7-10-21(14-22)15-23(12-17(21)24)18(25)27-13-16-8-5-4-6-9-16/h4-6,8-9,17,24H,7,10-15H2,1-3H3/t17-,21?/m0/s1. The molecule has 2 aliphatic heterocycles. The number of piperidine rings is 1. The van der Waals surface area contributed by atoms with E-state index in [-0.39, 0.29) is 19.2 Å². The topological polar surface area (TPSA) is 79.3 Å². The molecule has 2 aliphatic rings. The van der Waals surface area contributed by atoms with Gasteiger partial charge in [0, 0.05) is 25.0 Å². The molecule has 28 heavy (non-hydrogen) atoms. The number of hydrogen-bond acceptors (Lipinski definition) is 5. The average molecular weight is 390 g/mol. The van der Waals surface area contributed by atoms with Crippen LogP contribution in [0.4, 0.5) is 9.59 Å². The second-order valence-corrected chi connectivity index (χ2v) is 8.80. The van der Waals surface area contributed by atoms with Crippen LogP contribution in [0.1, 0.15) is 39.2 Å². The zero-order valence-electron chi connectivity index (χ0n) is 16.9. The SMILES string of the molecule is CC(C)(C)OC(=O)N1CCCC2(CN(C(=O)OCc3ccccc3)C[C@@H]2O)C1. The molecule has 7 nitrogen and oxygen atoms in total. The van der Waals surface area contributed by atoms with Crippen molar-refractivity contribution in [1.29, 1.82) is 0 Å². The fourth-order valence-electron chi connectivity index (χ4n) is 3.95. The molecule has 2 amide bonds. The molecular weight excluding hydrogens is 360 g/mol. The van der Waals surface area contributed by atoms with Crippen molar-refractivity contribution in [2.75, 3.05) is 26.2 Å². The van der Waals surface area contributed by atoms with Crippen molar-refractivity contribution >= 4 is 12.2 Å². The number of β-amino-alcohol motifs (C(OH)–C–C–N with tert-alkyl or cyclic N) is 1. The lowest BCUT2D eigenvalue weighted by Crippen LogP contribution is -2.52. The summed E-state index contributed by atoms with van der Waals surface area (Å²) in [7, 11) is 0. The molecule has 2 saturated heterocycles. The van der Waals surface area contributed by atoms with Gasteiger partial charge < -0.3 is 24.4 Å². The number of likely N-dealkylation sites (tertiary alicyclic amines) is 2. The Hall–Kier alpha value is -2.28. The van der Waals surface area contributed by atoms with Crippen molar-refractivity contribution in [3.8, 4) is 0 Å². The quantitative estimate of drug-likeness (QED) is 0.840. The summed E-state index contributed by atoms with van der Waals surface area (Å²) in [6.07, 6.45) is 0.0270. The first-order chi connectivity index (χ1) is 13.2. The van der Waals surface area contributed by atoms with Gasteiger partial charge in [-0.3, -0.25) is 0 Å². The van der Waals surface area contributed by atoms with Gasteiger partial charge in [0.2, 0.25) is 0 Å². The van der Waals surface area contributed by atoms with Gasteiger partial charge in [-0.1, -0.05) is 30.3 Å². The highest BCUT2D eigenvalue weighted by Crippen LogP contribution is 2.40. The third kappa shape index (κ3) is 4.76. The summed E-state index contributed by atoms with van der Waals surface area (Å²) in [5, 5.41) is 10.7. The lowest BCUT2D eigenvalue weighted by Gasteiger charge is -2.42. The van der Waals surface area contributed by atoms with E-state index in [0.717, 1.165) is 18.4 Å². The Morgan fingerprint density at radius 3 is 2.50 bits per heavy atom. The molecule has 2 fully saturated rings. The van der Waals surface area contributed by atoms with Crippen LogP contribution in [-0.4, -0.2) is 65.0 Å². The van der Waals surface area contributed by atoms with E-state index in [1.54, 1.807) is 9.80 Å². The first-order valence-electron chi connectivity index (χ1n) is 9.80. The van der Waals surface area contributed by atoms with Crippen LogP contribution in [0.15, 0.2) is 30.3 Å². The Balaban J connectivity index is 1.60. The minimum absolute atomic E-state index is 0.198. The minimum Gasteiger partial charge on any atom is -0.445 e. The molecule has 1 unspecified atom stereocenters. The van der Waals surface area contributed by atoms with Crippen molar-refractivity contribution in [3.63, 3.8) is 0 Å². The summed E-state index contributed by atoms with van der Waals surface area (Å²) in [5.74, 6) is 0. The Labute approximate surface area is 166 Å². The van der Waals surface area contributed by atoms with Gasteiger partial charge in [-0.15, -0.1) is 0 Å². The van der Waals surface area contributed by atoms with Crippen molar-refractivity contribution in [3.05, 3.63) is 35.9 Å². The Bertz CT molecular complexity index is 702. The van der Waals surface area contributed by atoms with E-state index in [1.165, 1.54) is 0 Å². The van der Waals surface area contributed by atoms with Gasteiger partial charge in [-0.05, 0) is 39.2 Å². The van der Waals surface area contributed by atoms with E-state index in [4.69, 9.17) is 9.47 Å². The highest BCUT2D eigenvalue weighted by Gasteiger charge is 2.51. The number of ether oxygens (including phenoxy) is 2. The van der Waals surface area contributed by atoms with E-state index >= 15 is 0 Å². The third-order valence-electron chi connectivity index (χ3n) is 5.33. The van der Waals surface area contributed by atoms with E-state index in [2.05, 4.69) is 0 Å². The van der Waals surface area contributed by atoms with Crippen LogP contribution in [0, 0.1) is 5.41 Å². The van der Waals surface area contributed by atoms with Gasteiger partial charge in [0.05, 0.1) is 12.6 Å². The average Bonchev–Trinajstić information content (AvgIpc) is 2.95. The summed E-state index contributed by atoms with van der Waals surface area (Å²) < 4.78 is 10.9. The van der Waals surface area contributed by atoms with Crippen molar-refractivity contribution in [2.24, 2.45) is 5.41 Å². The minimum atomic E-state index is -0.693. The van der Waals surface area contributed by atoms with Gasteiger partial charge in [0.15, 0.2) is 0 Å². The molecular formula is C21H30N2O5. The van der Waals surface area contributed by atoms with Crippen LogP contribution in [0.5, 0.6) is 0 Å². The monoisotopic (exact) mass is 390 g/mol. The van der Waals surface area contributed by atoms with Crippen LogP contribution < -0.4 is 0 Å². The molecule has 0 bridgehead atoms. The molecule has 2 atom stereocenters. The molecule has 0 aliphatic carbocycles. The molecule has 0 radical (unpaired) electrons. The van der Waals surface area contributed by atoms with Crippen LogP contribution in [0.2, 0.25) is 0 Å². The number of amides is 2. The number of rotatable bonds is 2. The third-order valence-corrected chi connectivity index (χ3v) is 5.33. The summed E-state index contributed by atoms with van der Waals surface area (Å²) in [4.78, 5) is 28.1. The zero-order valence-corrected chi connectivity index (χ0v) is 16.9. The number of nitrogens with zero attached hydrogens (tertiary/aromatic N) is 2. The molecule has 1 aromatic carbocycles. The van der Waals surface area contributed by atoms with E-state index in [9.17, 15) is 14.7 Å². The number of hydrogen-bond donors (Lipinski definition) is 1.